The van der Waals surface area contributed by atoms with E-state index in [1.807, 2.05) is 74.5 Å². The van der Waals surface area contributed by atoms with Gasteiger partial charge in [0, 0.05) is 34.1 Å². The molecular formula is C45H43Cl2N15O2. The van der Waals surface area contributed by atoms with Gasteiger partial charge in [-0.15, -0.1) is 0 Å². The van der Waals surface area contributed by atoms with Crippen molar-refractivity contribution in [2.75, 3.05) is 22.1 Å². The third-order valence-electron chi connectivity index (χ3n) is 10.3. The van der Waals surface area contributed by atoms with Gasteiger partial charge in [-0.05, 0) is 83.0 Å². The van der Waals surface area contributed by atoms with E-state index in [0.29, 0.717) is 50.3 Å². The number of anilines is 4. The molecule has 0 aliphatic rings. The molecule has 64 heavy (non-hydrogen) atoms. The van der Waals surface area contributed by atoms with Crippen molar-refractivity contribution in [2.45, 2.75) is 64.8 Å². The fourth-order valence-corrected chi connectivity index (χ4v) is 7.22. The minimum absolute atomic E-state index is 0.108. The van der Waals surface area contributed by atoms with Gasteiger partial charge in [-0.1, -0.05) is 59.6 Å². The lowest BCUT2D eigenvalue weighted by atomic mass is 9.94. The van der Waals surface area contributed by atoms with Gasteiger partial charge in [-0.3, -0.25) is 4.98 Å². The van der Waals surface area contributed by atoms with Crippen molar-refractivity contribution in [2.24, 2.45) is 0 Å². The second-order valence-electron chi connectivity index (χ2n) is 15.9. The number of benzene rings is 2. The lowest BCUT2D eigenvalue weighted by Gasteiger charge is -2.21. The molecule has 8 rings (SSSR count). The monoisotopic (exact) mass is 895 g/mol. The molecule has 0 saturated carbocycles. The molecule has 0 radical (unpaired) electrons. The average Bonchev–Trinajstić information content (AvgIpc) is 3.82. The predicted octanol–water partition coefficient (Wildman–Crippen LogP) is 9.35. The van der Waals surface area contributed by atoms with E-state index in [-0.39, 0.29) is 29.3 Å². The topological polar surface area (TPSA) is 224 Å². The maximum Gasteiger partial charge on any atom is 0.268 e. The molecule has 0 saturated heterocycles. The zero-order valence-corrected chi connectivity index (χ0v) is 37.1. The minimum atomic E-state index is -1.01. The van der Waals surface area contributed by atoms with E-state index in [9.17, 15) is 10.2 Å². The van der Waals surface area contributed by atoms with Crippen LogP contribution in [0.15, 0.2) is 91.6 Å². The average molecular weight is 897 g/mol. The number of fused-ring (bicyclic) bond motifs is 2. The molecule has 0 amide bonds. The Balaban J connectivity index is 0.000000191. The Bertz CT molecular complexity index is 2910. The van der Waals surface area contributed by atoms with Crippen molar-refractivity contribution in [1.82, 2.24) is 44.1 Å². The van der Waals surface area contributed by atoms with Crippen molar-refractivity contribution in [3.8, 4) is 22.5 Å². The number of rotatable bonds is 10. The van der Waals surface area contributed by atoms with Crippen LogP contribution in [0.5, 0.6) is 0 Å². The summed E-state index contributed by atoms with van der Waals surface area (Å²) in [6, 6.07) is 19.9. The number of pyridine rings is 1. The molecule has 0 fully saturated rings. The summed E-state index contributed by atoms with van der Waals surface area (Å²) < 4.78 is 3.12. The van der Waals surface area contributed by atoms with Crippen LogP contribution in [0, 0.1) is 13.1 Å². The maximum atomic E-state index is 10.5. The van der Waals surface area contributed by atoms with Crippen molar-refractivity contribution in [3.05, 3.63) is 147 Å². The molecule has 8 aromatic rings. The highest BCUT2D eigenvalue weighted by molar-refractivity contribution is 6.30. The maximum absolute atomic E-state index is 10.5. The first-order valence-electron chi connectivity index (χ1n) is 19.8. The van der Waals surface area contributed by atoms with Gasteiger partial charge in [-0.25, -0.2) is 38.7 Å². The summed E-state index contributed by atoms with van der Waals surface area (Å²) in [5.41, 5.74) is 17.8. The Morgan fingerprint density at radius 1 is 0.656 bits per heavy atom. The Hall–Kier alpha value is -7.41. The number of aromatic nitrogens is 9. The smallest absolute Gasteiger partial charge is 0.268 e. The lowest BCUT2D eigenvalue weighted by molar-refractivity contribution is 0.0781. The largest absolute Gasteiger partial charge is 0.407 e. The van der Waals surface area contributed by atoms with Crippen molar-refractivity contribution < 1.29 is 10.2 Å². The van der Waals surface area contributed by atoms with E-state index in [1.54, 1.807) is 55.2 Å². The second kappa shape index (κ2) is 17.8. The van der Waals surface area contributed by atoms with Gasteiger partial charge >= 0.3 is 0 Å². The van der Waals surface area contributed by atoms with Crippen LogP contribution < -0.4 is 22.1 Å². The lowest BCUT2D eigenvalue weighted by Crippen LogP contribution is -2.16. The molecule has 8 N–H and O–H groups in total. The van der Waals surface area contributed by atoms with E-state index in [0.717, 1.165) is 33.4 Å². The van der Waals surface area contributed by atoms with Crippen LogP contribution in [-0.4, -0.2) is 54.4 Å². The summed E-state index contributed by atoms with van der Waals surface area (Å²) in [7, 11) is 0. The molecule has 6 heterocycles. The normalized spacial score (nSPS) is 12.5. The molecule has 2 atom stereocenters. The molecule has 0 aliphatic heterocycles. The number of nitrogen functional groups attached to an aromatic ring is 2. The van der Waals surface area contributed by atoms with Gasteiger partial charge in [-0.2, -0.15) is 10.2 Å². The number of hydrogen-bond donors (Lipinski definition) is 6. The summed E-state index contributed by atoms with van der Waals surface area (Å²) in [4.78, 5) is 28.0. The summed E-state index contributed by atoms with van der Waals surface area (Å²) in [5, 5.41) is 37.7. The number of aliphatic hydroxyl groups is 2. The van der Waals surface area contributed by atoms with E-state index < -0.39 is 11.2 Å². The first kappa shape index (κ1) is 44.6. The molecule has 2 aromatic carbocycles. The first-order chi connectivity index (χ1) is 30.4. The highest BCUT2D eigenvalue weighted by Gasteiger charge is 2.24. The Kier molecular flexibility index (Phi) is 12.4. The SMILES string of the molecule is [C-]#[N+]c1c(N)ccnc1N[C@H](C)c1cc2ncc(Cl)n2nc1-c1cccc(C(C)(C)O)c1.[C-]#[N+]c1c(N)ncnc1N[C@@H](C)c1cc2ncc(Cl)n2nc1-c1cccc(C(C)(C)O)c1. The Morgan fingerprint density at radius 3 is 1.58 bits per heavy atom. The number of nitrogens with one attached hydrogen (secondary N) is 2. The van der Waals surface area contributed by atoms with Crippen LogP contribution in [-0.2, 0) is 11.2 Å². The molecule has 324 valence electrons. The fraction of sp³-hybridized carbons (Fsp3) is 0.222. The van der Waals surface area contributed by atoms with Crippen LogP contribution in [0.1, 0.15) is 75.9 Å². The molecule has 0 unspecified atom stereocenters. The number of halogens is 2. The molecule has 0 aliphatic carbocycles. The number of nitrogens with two attached hydrogens (primary N) is 2. The quantitative estimate of drug-likeness (QED) is 0.0705. The standard InChI is InChI=1S/C23H22ClN7O.C22H21ClN8O/c1-13(29-22-21(26-4)17(25)8-9-27-22)16-11-19-28-12-18(24)31(19)30-20(16)14-6-5-7-15(10-14)23(2,3)32;1-12(29-21-19(25-4)20(24)27-11-28-21)15-9-17-26-10-16(23)31(17)30-18(15)13-6-5-7-14(8-13)22(2,3)32/h5-13,32H,1-3H3,(H3,25,27,29);5-12,32H,1-3H3,(H3,24,27,28,29)/t13-;12-/m10/s1. The molecule has 17 nitrogen and oxygen atoms in total. The zero-order valence-electron chi connectivity index (χ0n) is 35.5. The van der Waals surface area contributed by atoms with Gasteiger partial charge in [0.15, 0.2) is 21.6 Å². The van der Waals surface area contributed by atoms with E-state index >= 15 is 0 Å². The molecular weight excluding hydrogens is 854 g/mol. The van der Waals surface area contributed by atoms with Gasteiger partial charge < -0.3 is 32.3 Å². The van der Waals surface area contributed by atoms with Crippen LogP contribution in [0.3, 0.4) is 0 Å². The first-order valence-corrected chi connectivity index (χ1v) is 20.5. The van der Waals surface area contributed by atoms with Crippen molar-refractivity contribution in [3.63, 3.8) is 0 Å². The third-order valence-corrected chi connectivity index (χ3v) is 10.8. The molecule has 6 aromatic heterocycles. The zero-order chi connectivity index (χ0) is 46.1. The third kappa shape index (κ3) is 9.19. The molecule has 0 bridgehead atoms. The van der Waals surface area contributed by atoms with Crippen LogP contribution >= 0.6 is 23.2 Å². The number of nitrogens with zero attached hydrogens (tertiary/aromatic N) is 11. The van der Waals surface area contributed by atoms with E-state index in [1.165, 1.54) is 12.5 Å². The van der Waals surface area contributed by atoms with Crippen LogP contribution in [0.4, 0.5) is 34.5 Å². The van der Waals surface area contributed by atoms with E-state index in [2.05, 4.69) is 45.2 Å². The molecule has 0 spiro atoms. The highest BCUT2D eigenvalue weighted by atomic mass is 35.5. The van der Waals surface area contributed by atoms with Crippen molar-refractivity contribution in [1.29, 1.82) is 0 Å². The van der Waals surface area contributed by atoms with Crippen LogP contribution in [0.2, 0.25) is 10.3 Å². The predicted molar refractivity (Wildman–Crippen MR) is 249 cm³/mol. The fourth-order valence-electron chi connectivity index (χ4n) is 6.87. The number of hydrogen-bond acceptors (Lipinski definition) is 13. The Labute approximate surface area is 378 Å². The van der Waals surface area contributed by atoms with Crippen molar-refractivity contribution >= 4 is 69.0 Å². The summed E-state index contributed by atoms with van der Waals surface area (Å²) in [5.74, 6) is 0.832. The summed E-state index contributed by atoms with van der Waals surface area (Å²) in [6.07, 6.45) is 5.94. The second-order valence-corrected chi connectivity index (χ2v) is 16.7. The van der Waals surface area contributed by atoms with Crippen LogP contribution in [0.25, 0.3) is 43.5 Å². The van der Waals surface area contributed by atoms with Gasteiger partial charge in [0.25, 0.3) is 5.69 Å². The highest BCUT2D eigenvalue weighted by Crippen LogP contribution is 2.37. The summed E-state index contributed by atoms with van der Waals surface area (Å²) >= 11 is 12.6. The summed E-state index contributed by atoms with van der Waals surface area (Å²) in [6.45, 7) is 25.6. The van der Waals surface area contributed by atoms with Gasteiger partial charge in [0.05, 0.1) is 60.2 Å². The minimum Gasteiger partial charge on any atom is -0.407 e. The van der Waals surface area contributed by atoms with Gasteiger partial charge in [0.1, 0.15) is 23.8 Å². The Morgan fingerprint density at radius 2 is 1.12 bits per heavy atom. The number of imidazole rings is 2. The van der Waals surface area contributed by atoms with Gasteiger partial charge in [0.2, 0.25) is 5.69 Å². The molecule has 19 heteroatoms. The van der Waals surface area contributed by atoms with E-state index in [4.69, 9.17) is 58.0 Å².